The number of rotatable bonds is 2. The molecule has 4 nitrogen and oxygen atoms in total. The second-order valence-corrected chi connectivity index (χ2v) is 8.76. The van der Waals surface area contributed by atoms with Gasteiger partial charge in [-0.1, -0.05) is 35.8 Å². The van der Waals surface area contributed by atoms with Gasteiger partial charge < -0.3 is 10.3 Å². The molecule has 2 unspecified atom stereocenters. The summed E-state index contributed by atoms with van der Waals surface area (Å²) in [4.78, 5) is 11.3. The zero-order valence-electron chi connectivity index (χ0n) is 14.3. The number of hydrogen-bond acceptors (Lipinski definition) is 2. The number of alkyl halides is 1. The van der Waals surface area contributed by atoms with Crippen molar-refractivity contribution in [2.45, 2.75) is 63.5 Å². The molecular formula is C18H24BrClN2O2. The van der Waals surface area contributed by atoms with Gasteiger partial charge in [0.1, 0.15) is 0 Å². The monoisotopic (exact) mass is 414 g/mol. The first-order valence-electron chi connectivity index (χ1n) is 8.60. The molecule has 1 aliphatic carbocycles. The molecule has 1 spiro atoms. The summed E-state index contributed by atoms with van der Waals surface area (Å²) in [5.74, 6) is 0.214. The van der Waals surface area contributed by atoms with Crippen LogP contribution in [0.25, 0.3) is 0 Å². The highest BCUT2D eigenvalue weighted by molar-refractivity contribution is 9.10. The normalized spacial score (nSPS) is 36.2. The van der Waals surface area contributed by atoms with Crippen LogP contribution in [0.3, 0.4) is 0 Å². The number of quaternary nitrogens is 1. The Labute approximate surface area is 156 Å². The molecule has 0 bridgehead atoms. The lowest BCUT2D eigenvalue weighted by Gasteiger charge is -2.45. The zero-order chi connectivity index (χ0) is 17.7. The van der Waals surface area contributed by atoms with Crippen molar-refractivity contribution in [3.63, 3.8) is 0 Å². The molecule has 1 aliphatic heterocycles. The van der Waals surface area contributed by atoms with Gasteiger partial charge in [-0.25, -0.2) is 0 Å². The first kappa shape index (κ1) is 18.2. The Morgan fingerprint density at radius 1 is 1.42 bits per heavy atom. The van der Waals surface area contributed by atoms with Gasteiger partial charge in [-0.05, 0) is 60.9 Å². The molecule has 1 heterocycles. The third-order valence-electron chi connectivity index (χ3n) is 5.58. The van der Waals surface area contributed by atoms with E-state index in [1.165, 1.54) is 0 Å². The molecular weight excluding hydrogens is 392 g/mol. The lowest BCUT2D eigenvalue weighted by molar-refractivity contribution is -0.932. The molecule has 1 amide bonds. The average Bonchev–Trinajstić information content (AvgIpc) is 2.71. The molecule has 1 aromatic carbocycles. The Morgan fingerprint density at radius 2 is 2.04 bits per heavy atom. The minimum atomic E-state index is -1.63. The highest BCUT2D eigenvalue weighted by atomic mass is 79.9. The predicted octanol–water partition coefficient (Wildman–Crippen LogP) is 3.13. The van der Waals surface area contributed by atoms with Crippen molar-refractivity contribution in [3.05, 3.63) is 38.5 Å². The van der Waals surface area contributed by atoms with Gasteiger partial charge in [0.25, 0.3) is 5.00 Å². The van der Waals surface area contributed by atoms with Crippen LogP contribution in [-0.2, 0) is 16.2 Å². The summed E-state index contributed by atoms with van der Waals surface area (Å²) >= 11 is 10.4. The third kappa shape index (κ3) is 2.61. The standard InChI is InChI=1S/C18H24BrClN2O2/c1-4-13-9-12(3)10-14(19)15(13)18(20)16(23)21-17(22(18)24)7-5-11(2)6-8-17/h9-11,22H,4-8H2,1-3H3,(H,21,23). The zero-order valence-corrected chi connectivity index (χ0v) is 16.7. The number of halogens is 2. The second kappa shape index (κ2) is 6.27. The maximum Gasteiger partial charge on any atom is 0.308 e. The predicted molar refractivity (Wildman–Crippen MR) is 98.6 cm³/mol. The van der Waals surface area contributed by atoms with Gasteiger partial charge in [-0.2, -0.15) is 0 Å². The van der Waals surface area contributed by atoms with E-state index < -0.39 is 10.7 Å². The number of benzene rings is 1. The van der Waals surface area contributed by atoms with Crippen molar-refractivity contribution >= 4 is 33.4 Å². The molecule has 3 rings (SSSR count). The Balaban J connectivity index is 2.09. The van der Waals surface area contributed by atoms with E-state index in [0.29, 0.717) is 30.7 Å². The maximum atomic E-state index is 13.4. The van der Waals surface area contributed by atoms with Crippen molar-refractivity contribution in [1.82, 2.24) is 5.32 Å². The van der Waals surface area contributed by atoms with Gasteiger partial charge in [0.15, 0.2) is 5.66 Å². The smallest absolute Gasteiger partial charge is 0.308 e. The van der Waals surface area contributed by atoms with E-state index in [2.05, 4.69) is 28.2 Å². The maximum absolute atomic E-state index is 13.4. The van der Waals surface area contributed by atoms with Crippen molar-refractivity contribution in [1.29, 1.82) is 0 Å². The topological polar surface area (TPSA) is 56.6 Å². The number of hydroxylamine groups is 2. The summed E-state index contributed by atoms with van der Waals surface area (Å²) in [7, 11) is 0. The Morgan fingerprint density at radius 3 is 2.62 bits per heavy atom. The highest BCUT2D eigenvalue weighted by Gasteiger charge is 2.63. The summed E-state index contributed by atoms with van der Waals surface area (Å²) in [6.07, 6.45) is 3.95. The second-order valence-electron chi connectivity index (χ2n) is 7.34. The summed E-state index contributed by atoms with van der Waals surface area (Å²) in [5.41, 5.74) is 1.85. The first-order valence-corrected chi connectivity index (χ1v) is 9.77. The van der Waals surface area contributed by atoms with E-state index in [9.17, 15) is 10.0 Å². The summed E-state index contributed by atoms with van der Waals surface area (Å²) in [6, 6.07) is 3.94. The van der Waals surface area contributed by atoms with E-state index in [1.54, 1.807) is 0 Å². The first-order chi connectivity index (χ1) is 11.2. The number of amides is 1. The van der Waals surface area contributed by atoms with E-state index in [0.717, 1.165) is 28.4 Å². The van der Waals surface area contributed by atoms with Crippen LogP contribution in [-0.4, -0.2) is 11.6 Å². The lowest BCUT2D eigenvalue weighted by Crippen LogP contribution is -3.20. The van der Waals surface area contributed by atoms with Crippen LogP contribution in [0.4, 0.5) is 0 Å². The van der Waals surface area contributed by atoms with Crippen LogP contribution in [0.15, 0.2) is 16.6 Å². The molecule has 2 fully saturated rings. The minimum absolute atomic E-state index is 0.173. The number of nitrogens with one attached hydrogen (secondary N) is 2. The van der Waals surface area contributed by atoms with Crippen LogP contribution < -0.4 is 10.4 Å². The molecule has 1 saturated heterocycles. The molecule has 0 radical (unpaired) electrons. The van der Waals surface area contributed by atoms with Crippen molar-refractivity contribution < 1.29 is 9.86 Å². The molecule has 1 saturated carbocycles. The Bertz CT molecular complexity index is 673. The number of aryl methyl sites for hydroxylation is 2. The molecule has 6 heteroatoms. The van der Waals surface area contributed by atoms with Crippen molar-refractivity contribution in [3.8, 4) is 0 Å². The van der Waals surface area contributed by atoms with Crippen LogP contribution in [0.1, 0.15) is 56.2 Å². The van der Waals surface area contributed by atoms with Crippen LogP contribution in [0.5, 0.6) is 0 Å². The summed E-state index contributed by atoms with van der Waals surface area (Å²) in [6.45, 7) is 6.20. The Hall–Kier alpha value is -0.620. The highest BCUT2D eigenvalue weighted by Crippen LogP contribution is 2.40. The summed E-state index contributed by atoms with van der Waals surface area (Å²) in [5, 5.41) is 16.2. The largest absolute Gasteiger partial charge is 0.631 e. The van der Waals surface area contributed by atoms with E-state index >= 15 is 0 Å². The van der Waals surface area contributed by atoms with Gasteiger partial charge in [0.2, 0.25) is 0 Å². The Kier molecular flexibility index (Phi) is 4.75. The SMILES string of the molecule is CCc1cc(C)cc(Br)c1C1(Cl)C(=O)NC2(CCC(C)CC2)[NH+]1[O-]. The molecule has 24 heavy (non-hydrogen) atoms. The van der Waals surface area contributed by atoms with Gasteiger partial charge in [-0.15, -0.1) is 0 Å². The third-order valence-corrected chi connectivity index (χ3v) is 6.74. The molecule has 132 valence electrons. The quantitative estimate of drug-likeness (QED) is 0.443. The molecule has 2 aliphatic rings. The minimum Gasteiger partial charge on any atom is -0.631 e. The summed E-state index contributed by atoms with van der Waals surface area (Å²) < 4.78 is 0.735. The van der Waals surface area contributed by atoms with Crippen LogP contribution in [0.2, 0.25) is 0 Å². The molecule has 1 aromatic rings. The number of carbonyl (C=O) groups excluding carboxylic acids is 1. The number of hydrogen-bond donors (Lipinski definition) is 2. The van der Waals surface area contributed by atoms with Gasteiger partial charge in [0, 0.05) is 17.3 Å². The lowest BCUT2D eigenvalue weighted by atomic mass is 9.82. The number of carbonyl (C=O) groups is 1. The fourth-order valence-corrected chi connectivity index (χ4v) is 5.58. The van der Waals surface area contributed by atoms with E-state index in [1.807, 2.05) is 26.0 Å². The van der Waals surface area contributed by atoms with Crippen molar-refractivity contribution in [2.75, 3.05) is 0 Å². The van der Waals surface area contributed by atoms with Crippen LogP contribution >= 0.6 is 27.5 Å². The van der Waals surface area contributed by atoms with E-state index in [-0.39, 0.29) is 11.0 Å². The molecule has 2 N–H and O–H groups in total. The van der Waals surface area contributed by atoms with Crippen LogP contribution in [0, 0.1) is 18.0 Å². The molecule has 0 aromatic heterocycles. The fraction of sp³-hybridized carbons (Fsp3) is 0.611. The fourth-order valence-electron chi connectivity index (χ4n) is 4.11. The van der Waals surface area contributed by atoms with Gasteiger partial charge in [0.05, 0.1) is 5.56 Å². The average molecular weight is 416 g/mol. The van der Waals surface area contributed by atoms with Gasteiger partial charge in [-0.3, -0.25) is 10.1 Å². The van der Waals surface area contributed by atoms with E-state index in [4.69, 9.17) is 11.6 Å². The van der Waals surface area contributed by atoms with Gasteiger partial charge >= 0.3 is 5.91 Å². The molecule has 2 atom stereocenters. The van der Waals surface area contributed by atoms with Crippen molar-refractivity contribution in [2.24, 2.45) is 5.92 Å².